The van der Waals surface area contributed by atoms with E-state index in [0.29, 0.717) is 47.0 Å². The number of fused-ring (bicyclic) bond motifs is 1. The Morgan fingerprint density at radius 1 is 0.936 bits per heavy atom. The molecule has 12 nitrogen and oxygen atoms in total. The van der Waals surface area contributed by atoms with E-state index in [4.69, 9.17) is 4.74 Å². The third-order valence-corrected chi connectivity index (χ3v) is 7.63. The highest BCUT2D eigenvalue weighted by atomic mass is 16.5. The summed E-state index contributed by atoms with van der Waals surface area (Å²) in [5, 5.41) is 8.96. The third kappa shape index (κ3) is 8.01. The number of rotatable bonds is 12. The minimum Gasteiger partial charge on any atom is -0.493 e. The van der Waals surface area contributed by atoms with E-state index in [1.54, 1.807) is 36.5 Å². The summed E-state index contributed by atoms with van der Waals surface area (Å²) in [4.78, 5) is 55.5. The molecule has 2 aromatic heterocycles. The molecule has 5 rings (SSSR count). The van der Waals surface area contributed by atoms with Crippen molar-refractivity contribution >= 4 is 46.5 Å². The van der Waals surface area contributed by atoms with Crippen molar-refractivity contribution in [1.82, 2.24) is 20.3 Å². The van der Waals surface area contributed by atoms with Crippen LogP contribution >= 0.6 is 0 Å². The fourth-order valence-corrected chi connectivity index (χ4v) is 4.94. The molecule has 3 N–H and O–H groups in total. The zero-order valence-corrected chi connectivity index (χ0v) is 27.5. The molecule has 0 unspecified atom stereocenters. The van der Waals surface area contributed by atoms with Gasteiger partial charge in [0.25, 0.3) is 5.91 Å². The smallest absolute Gasteiger partial charge is 0.330 e. The number of nitrogens with zero attached hydrogens (tertiary/aromatic N) is 5. The first-order chi connectivity index (χ1) is 22.5. The molecule has 0 spiro atoms. The lowest BCUT2D eigenvalue weighted by molar-refractivity contribution is -0.116. The largest absolute Gasteiger partial charge is 0.493 e. The first-order valence-electron chi connectivity index (χ1n) is 15.5. The molecule has 1 aliphatic rings. The van der Waals surface area contributed by atoms with Crippen molar-refractivity contribution in [2.75, 3.05) is 47.2 Å². The molecular formula is C35H40N8O4. The van der Waals surface area contributed by atoms with E-state index in [1.807, 2.05) is 57.2 Å². The third-order valence-electron chi connectivity index (χ3n) is 7.63. The number of amides is 3. The predicted molar refractivity (Wildman–Crippen MR) is 183 cm³/mol. The second-order valence-electron chi connectivity index (χ2n) is 12.0. The molecule has 3 heterocycles. The lowest BCUT2D eigenvalue weighted by atomic mass is 10.1. The van der Waals surface area contributed by atoms with Crippen molar-refractivity contribution in [2.45, 2.75) is 41.2 Å². The van der Waals surface area contributed by atoms with Crippen LogP contribution in [-0.2, 0) is 11.3 Å². The van der Waals surface area contributed by atoms with Crippen molar-refractivity contribution < 1.29 is 19.1 Å². The molecule has 0 radical (unpaired) electrons. The number of aromatic nitrogens is 3. The number of anilines is 5. The second kappa shape index (κ2) is 14.3. The Hall–Kier alpha value is -5.52. The summed E-state index contributed by atoms with van der Waals surface area (Å²) in [7, 11) is 1.68. The first-order valence-corrected chi connectivity index (χ1v) is 15.5. The van der Waals surface area contributed by atoms with Crippen molar-refractivity contribution in [2.24, 2.45) is 5.92 Å². The fraction of sp³-hybridized carbons (Fsp3) is 0.314. The zero-order valence-electron chi connectivity index (χ0n) is 27.5. The summed E-state index contributed by atoms with van der Waals surface area (Å²) in [6.07, 6.45) is 3.41. The number of benzene rings is 2. The molecule has 4 aromatic rings. The summed E-state index contributed by atoms with van der Waals surface area (Å²) >= 11 is 0. The number of ether oxygens (including phenoxy) is 1. The van der Waals surface area contributed by atoms with Gasteiger partial charge in [0.2, 0.25) is 5.95 Å². The van der Waals surface area contributed by atoms with Crippen molar-refractivity contribution in [3.05, 3.63) is 88.9 Å². The standard InChI is InChI=1S/C35H40N8O4/c1-21(2)20-47-31-13-25(10-7-23(31)4)33(45)38-18-29(44)17-37-27-11-8-22(3)30(14-27)43-19-26-15-39-34(41-32(26)42(6)35(43)46)40-28-12-9-24(5)36-16-28/h7-16,21,37H,17-20H2,1-6H3,(H,38,45)(H,39,40,41). The summed E-state index contributed by atoms with van der Waals surface area (Å²) < 4.78 is 5.83. The van der Waals surface area contributed by atoms with Crippen molar-refractivity contribution in [1.29, 1.82) is 0 Å². The lowest BCUT2D eigenvalue weighted by Gasteiger charge is -2.35. The molecule has 0 fully saturated rings. The predicted octanol–water partition coefficient (Wildman–Crippen LogP) is 5.56. The molecular weight excluding hydrogens is 596 g/mol. The van der Waals surface area contributed by atoms with Crippen LogP contribution in [0.3, 0.4) is 0 Å². The first kappa shape index (κ1) is 32.9. The number of hydrogen-bond acceptors (Lipinski definition) is 9. The van der Waals surface area contributed by atoms with Crippen molar-refractivity contribution in [3.63, 3.8) is 0 Å². The van der Waals surface area contributed by atoms with Gasteiger partial charge in [-0.25, -0.2) is 9.78 Å². The van der Waals surface area contributed by atoms with Gasteiger partial charge in [-0.3, -0.25) is 24.4 Å². The Morgan fingerprint density at radius 2 is 1.70 bits per heavy atom. The van der Waals surface area contributed by atoms with Crippen LogP contribution in [-0.4, -0.2) is 59.4 Å². The number of pyridine rings is 1. The fourth-order valence-electron chi connectivity index (χ4n) is 4.94. The molecule has 47 heavy (non-hydrogen) atoms. The van der Waals surface area contributed by atoms with Crippen LogP contribution in [0.2, 0.25) is 0 Å². The average Bonchev–Trinajstić information content (AvgIpc) is 3.05. The number of hydrogen-bond donors (Lipinski definition) is 3. The molecule has 0 saturated carbocycles. The van der Waals surface area contributed by atoms with Gasteiger partial charge in [-0.15, -0.1) is 0 Å². The Morgan fingerprint density at radius 3 is 2.45 bits per heavy atom. The normalized spacial score (nSPS) is 12.5. The number of ketones is 1. The number of carbonyl (C=O) groups is 3. The number of aryl methyl sites for hydroxylation is 3. The molecule has 1 aliphatic heterocycles. The van der Waals surface area contributed by atoms with Crippen LogP contribution in [0, 0.1) is 26.7 Å². The van der Waals surface area contributed by atoms with E-state index >= 15 is 0 Å². The SMILES string of the molecule is Cc1ccc(Nc2ncc3c(n2)N(C)C(=O)N(c2cc(NCC(=O)CNC(=O)c4ccc(C)c(OCC(C)C)c4)ccc2C)C3)cn1. The number of Topliss-reactive ketones (excluding diaryl/α,β-unsaturated/α-hetero) is 1. The highest BCUT2D eigenvalue weighted by Crippen LogP contribution is 2.33. The monoisotopic (exact) mass is 636 g/mol. The van der Waals surface area contributed by atoms with Crippen molar-refractivity contribution in [3.8, 4) is 5.75 Å². The summed E-state index contributed by atoms with van der Waals surface area (Å²) in [6, 6.07) is 14.4. The molecule has 2 aromatic carbocycles. The Balaban J connectivity index is 1.20. The van der Waals surface area contributed by atoms with Gasteiger partial charge in [0.1, 0.15) is 11.6 Å². The molecule has 0 saturated heterocycles. The maximum absolute atomic E-state index is 13.5. The summed E-state index contributed by atoms with van der Waals surface area (Å²) in [6.45, 7) is 10.6. The van der Waals surface area contributed by atoms with Crippen LogP contribution in [0.1, 0.15) is 46.6 Å². The van der Waals surface area contributed by atoms with E-state index < -0.39 is 0 Å². The minimum absolute atomic E-state index is 0.00374. The van der Waals surface area contributed by atoms with Gasteiger partial charge < -0.3 is 20.7 Å². The topological polar surface area (TPSA) is 142 Å². The zero-order chi connectivity index (χ0) is 33.7. The van der Waals surface area contributed by atoms with Gasteiger partial charge in [-0.2, -0.15) is 4.98 Å². The summed E-state index contributed by atoms with van der Waals surface area (Å²) in [5.74, 6) is 1.35. The van der Waals surface area contributed by atoms with Gasteiger partial charge in [-0.05, 0) is 74.2 Å². The van der Waals surface area contributed by atoms with Crippen LogP contribution < -0.4 is 30.5 Å². The van der Waals surface area contributed by atoms with Crippen LogP contribution in [0.4, 0.5) is 33.6 Å². The van der Waals surface area contributed by atoms with E-state index in [9.17, 15) is 14.4 Å². The Kier molecular flexibility index (Phi) is 9.98. The highest BCUT2D eigenvalue weighted by Gasteiger charge is 2.31. The second-order valence-corrected chi connectivity index (χ2v) is 12.0. The Labute approximate surface area is 274 Å². The Bertz CT molecular complexity index is 1790. The van der Waals surface area contributed by atoms with E-state index in [1.165, 1.54) is 4.90 Å². The van der Waals surface area contributed by atoms with E-state index in [2.05, 4.69) is 44.7 Å². The maximum atomic E-state index is 13.5. The van der Waals surface area contributed by atoms with Crippen LogP contribution in [0.15, 0.2) is 60.9 Å². The summed E-state index contributed by atoms with van der Waals surface area (Å²) in [5.41, 5.74) is 6.05. The molecule has 244 valence electrons. The average molecular weight is 637 g/mol. The molecule has 0 atom stereocenters. The van der Waals surface area contributed by atoms with Gasteiger partial charge in [0.05, 0.1) is 43.8 Å². The maximum Gasteiger partial charge on any atom is 0.330 e. The van der Waals surface area contributed by atoms with E-state index in [0.717, 1.165) is 28.1 Å². The van der Waals surface area contributed by atoms with Crippen LogP contribution in [0.5, 0.6) is 5.75 Å². The number of urea groups is 1. The van der Waals surface area contributed by atoms with Gasteiger partial charge in [0.15, 0.2) is 5.78 Å². The van der Waals surface area contributed by atoms with Gasteiger partial charge in [-0.1, -0.05) is 26.0 Å². The van der Waals surface area contributed by atoms with Crippen LogP contribution in [0.25, 0.3) is 0 Å². The molecule has 0 aliphatic carbocycles. The minimum atomic E-state index is -0.350. The molecule has 0 bridgehead atoms. The quantitative estimate of drug-likeness (QED) is 0.182. The molecule has 12 heteroatoms. The van der Waals surface area contributed by atoms with Gasteiger partial charge in [0, 0.05) is 35.8 Å². The highest BCUT2D eigenvalue weighted by molar-refractivity contribution is 6.05. The van der Waals surface area contributed by atoms with Gasteiger partial charge >= 0.3 is 6.03 Å². The molecule has 3 amide bonds. The van der Waals surface area contributed by atoms with E-state index in [-0.39, 0.29) is 37.4 Å². The lowest BCUT2D eigenvalue weighted by Crippen LogP contribution is -2.46. The number of carbonyl (C=O) groups excluding carboxylic acids is 3. The number of nitrogens with one attached hydrogen (secondary N) is 3.